The number of esters is 1. The molecule has 0 bridgehead atoms. The monoisotopic (exact) mass is 221 g/mol. The van der Waals surface area contributed by atoms with Gasteiger partial charge in [-0.05, 0) is 11.4 Å². The van der Waals surface area contributed by atoms with Gasteiger partial charge >= 0.3 is 5.97 Å². The molecule has 0 aliphatic heterocycles. The maximum absolute atomic E-state index is 11.6. The van der Waals surface area contributed by atoms with E-state index in [2.05, 4.69) is 5.10 Å². The molecule has 0 radical (unpaired) electrons. The fourth-order valence-electron chi connectivity index (χ4n) is 2.38. The van der Waals surface area contributed by atoms with Gasteiger partial charge in [-0.3, -0.25) is 9.48 Å². The zero-order chi connectivity index (χ0) is 11.9. The molecule has 0 aromatic carbocycles. The van der Waals surface area contributed by atoms with E-state index in [0.717, 1.165) is 11.3 Å². The van der Waals surface area contributed by atoms with Gasteiger partial charge in [0.15, 0.2) is 0 Å². The number of ether oxygens (including phenoxy) is 1. The van der Waals surface area contributed by atoms with Crippen molar-refractivity contribution in [2.24, 2.45) is 18.7 Å². The Hall–Kier alpha value is -1.30. The van der Waals surface area contributed by atoms with Crippen molar-refractivity contribution < 1.29 is 9.53 Å². The van der Waals surface area contributed by atoms with Gasteiger partial charge in [-0.25, -0.2) is 0 Å². The molecule has 1 aromatic heterocycles. The summed E-state index contributed by atoms with van der Waals surface area (Å²) in [6.07, 6.45) is 2.56. The fraction of sp³-hybridized carbons (Fsp3) is 0.600. The molecule has 6 heteroatoms. The summed E-state index contributed by atoms with van der Waals surface area (Å²) >= 11 is 0. The van der Waals surface area contributed by atoms with E-state index in [1.54, 1.807) is 4.68 Å². The van der Waals surface area contributed by atoms with E-state index in [-0.39, 0.29) is 23.7 Å². The van der Waals surface area contributed by atoms with Gasteiger partial charge in [0.05, 0.1) is 18.7 Å². The number of nitrogens with zero attached hydrogens (tertiary/aromatic N) is 2. The smallest absolute Gasteiger partial charge is 0.310 e. The Bertz CT molecular complexity index is 418. The van der Waals surface area contributed by atoms with Gasteiger partial charge in [0, 0.05) is 25.7 Å². The lowest BCUT2D eigenvalue weighted by Gasteiger charge is -2.31. The highest BCUT2D eigenvalue weighted by atomic mass is 16.5. The number of carbonyl (C=O) groups is 1. The minimum absolute atomic E-state index is 0.140. The SMILES string of the molecule is BC1c2cn(C)nc2CC(C(=O)OC)C1N. The highest BCUT2D eigenvalue weighted by Gasteiger charge is 2.38. The van der Waals surface area contributed by atoms with Gasteiger partial charge in [0.1, 0.15) is 7.85 Å². The van der Waals surface area contributed by atoms with Crippen LogP contribution in [0.5, 0.6) is 0 Å². The highest BCUT2D eigenvalue weighted by molar-refractivity contribution is 6.13. The average Bonchev–Trinajstić information content (AvgIpc) is 2.63. The summed E-state index contributed by atoms with van der Waals surface area (Å²) in [6, 6.07) is -0.191. The Morgan fingerprint density at radius 3 is 3.06 bits per heavy atom. The van der Waals surface area contributed by atoms with Crippen LogP contribution in [0, 0.1) is 5.92 Å². The summed E-state index contributed by atoms with van der Waals surface area (Å²) in [7, 11) is 5.30. The van der Waals surface area contributed by atoms with Gasteiger partial charge < -0.3 is 10.5 Å². The molecule has 0 saturated heterocycles. The van der Waals surface area contributed by atoms with E-state index < -0.39 is 0 Å². The minimum Gasteiger partial charge on any atom is -0.469 e. The van der Waals surface area contributed by atoms with Crippen molar-refractivity contribution >= 4 is 13.8 Å². The first-order valence-electron chi connectivity index (χ1n) is 5.40. The molecule has 2 rings (SSSR count). The van der Waals surface area contributed by atoms with Gasteiger partial charge in [-0.2, -0.15) is 5.10 Å². The third kappa shape index (κ3) is 1.63. The molecule has 1 aliphatic rings. The van der Waals surface area contributed by atoms with Gasteiger partial charge in [-0.1, -0.05) is 0 Å². The van der Waals surface area contributed by atoms with Crippen LogP contribution in [0.25, 0.3) is 0 Å². The fourth-order valence-corrected chi connectivity index (χ4v) is 2.38. The summed E-state index contributed by atoms with van der Waals surface area (Å²) in [5, 5.41) is 4.36. The number of carbonyl (C=O) groups excluding carboxylic acids is 1. The van der Waals surface area contributed by atoms with Gasteiger partial charge in [0.2, 0.25) is 0 Å². The van der Waals surface area contributed by atoms with Crippen LogP contribution in [0.4, 0.5) is 0 Å². The first kappa shape index (κ1) is 11.2. The van der Waals surface area contributed by atoms with Crippen molar-refractivity contribution in [3.63, 3.8) is 0 Å². The maximum Gasteiger partial charge on any atom is 0.310 e. The first-order valence-corrected chi connectivity index (χ1v) is 5.40. The lowest BCUT2D eigenvalue weighted by atomic mass is 9.66. The molecule has 0 saturated carbocycles. The summed E-state index contributed by atoms with van der Waals surface area (Å²) in [5.41, 5.74) is 8.20. The molecule has 86 valence electrons. The molecular formula is C10H16BN3O2. The van der Waals surface area contributed by atoms with Crippen LogP contribution in [0.3, 0.4) is 0 Å². The molecule has 1 heterocycles. The highest BCUT2D eigenvalue weighted by Crippen LogP contribution is 2.31. The van der Waals surface area contributed by atoms with Gasteiger partial charge in [0.25, 0.3) is 0 Å². The predicted molar refractivity (Wildman–Crippen MR) is 61.7 cm³/mol. The minimum atomic E-state index is -0.276. The number of aryl methyl sites for hydroxylation is 1. The Morgan fingerprint density at radius 2 is 2.44 bits per heavy atom. The molecule has 16 heavy (non-hydrogen) atoms. The number of aromatic nitrogens is 2. The van der Waals surface area contributed by atoms with Crippen molar-refractivity contribution in [3.8, 4) is 0 Å². The molecule has 0 amide bonds. The number of rotatable bonds is 1. The molecule has 1 aliphatic carbocycles. The topological polar surface area (TPSA) is 70.1 Å². The van der Waals surface area contributed by atoms with Crippen LogP contribution in [0.2, 0.25) is 0 Å². The van der Waals surface area contributed by atoms with E-state index in [0.29, 0.717) is 6.42 Å². The lowest BCUT2D eigenvalue weighted by Crippen LogP contribution is -2.45. The van der Waals surface area contributed by atoms with Crippen LogP contribution >= 0.6 is 0 Å². The third-order valence-corrected chi connectivity index (χ3v) is 3.39. The van der Waals surface area contributed by atoms with Crippen LogP contribution in [-0.2, 0) is 23.0 Å². The van der Waals surface area contributed by atoms with Crippen LogP contribution < -0.4 is 5.73 Å². The maximum atomic E-state index is 11.6. The predicted octanol–water partition coefficient (Wildman–Crippen LogP) is -1.23. The molecular weight excluding hydrogens is 205 g/mol. The number of hydrogen-bond acceptors (Lipinski definition) is 4. The zero-order valence-electron chi connectivity index (χ0n) is 9.80. The second kappa shape index (κ2) is 3.94. The molecule has 2 N–H and O–H groups in total. The van der Waals surface area contributed by atoms with Gasteiger partial charge in [-0.15, -0.1) is 0 Å². The molecule has 3 atom stereocenters. The average molecular weight is 221 g/mol. The Kier molecular flexibility index (Phi) is 2.76. The quantitative estimate of drug-likeness (QED) is 0.476. The zero-order valence-corrected chi connectivity index (χ0v) is 9.80. The van der Waals surface area contributed by atoms with Crippen molar-refractivity contribution in [3.05, 3.63) is 17.5 Å². The largest absolute Gasteiger partial charge is 0.469 e. The van der Waals surface area contributed by atoms with Crippen LogP contribution in [0.1, 0.15) is 17.1 Å². The van der Waals surface area contributed by atoms with Crippen LogP contribution in [-0.4, -0.2) is 36.7 Å². The van der Waals surface area contributed by atoms with E-state index >= 15 is 0 Å². The normalized spacial score (nSPS) is 28.6. The molecule has 1 aromatic rings. The van der Waals surface area contributed by atoms with E-state index in [4.69, 9.17) is 10.5 Å². The molecule has 0 fully saturated rings. The number of nitrogens with two attached hydrogens (primary N) is 1. The summed E-state index contributed by atoms with van der Waals surface area (Å²) < 4.78 is 6.55. The standard InChI is InChI=1S/C10H16BN3O2/c1-14-4-6-7(13-14)3-5(10(15)16-2)9(12)8(6)11/h4-5,8-9H,3,11-12H2,1-2H3. The molecule has 5 nitrogen and oxygen atoms in total. The summed E-state index contributed by atoms with van der Waals surface area (Å²) in [5.74, 6) is -0.375. The van der Waals surface area contributed by atoms with E-state index in [1.807, 2.05) is 21.1 Å². The van der Waals surface area contributed by atoms with E-state index in [1.165, 1.54) is 7.11 Å². The van der Waals surface area contributed by atoms with Crippen molar-refractivity contribution in [1.29, 1.82) is 0 Å². The lowest BCUT2D eigenvalue weighted by molar-refractivity contribution is -0.146. The second-order valence-electron chi connectivity index (χ2n) is 4.40. The number of fused-ring (bicyclic) bond motifs is 1. The van der Waals surface area contributed by atoms with Crippen molar-refractivity contribution in [1.82, 2.24) is 9.78 Å². The van der Waals surface area contributed by atoms with Crippen molar-refractivity contribution in [2.75, 3.05) is 7.11 Å². The summed E-state index contributed by atoms with van der Waals surface area (Å²) in [6.45, 7) is 0. The van der Waals surface area contributed by atoms with E-state index in [9.17, 15) is 4.79 Å². The third-order valence-electron chi connectivity index (χ3n) is 3.39. The Labute approximate surface area is 95.4 Å². The Morgan fingerprint density at radius 1 is 1.75 bits per heavy atom. The van der Waals surface area contributed by atoms with Crippen molar-refractivity contribution in [2.45, 2.75) is 18.3 Å². The number of methoxy groups -OCH3 is 1. The van der Waals surface area contributed by atoms with Crippen LogP contribution in [0.15, 0.2) is 6.20 Å². The Balaban J connectivity index is 2.34. The first-order chi connectivity index (χ1) is 7.54. The molecule has 3 unspecified atom stereocenters. The summed E-state index contributed by atoms with van der Waals surface area (Å²) in [4.78, 5) is 11.6. The number of hydrogen-bond donors (Lipinski definition) is 1. The molecule has 0 spiro atoms. The second-order valence-corrected chi connectivity index (χ2v) is 4.40.